The van der Waals surface area contributed by atoms with Crippen molar-refractivity contribution in [2.45, 2.75) is 18.9 Å². The molecule has 0 spiro atoms. The Morgan fingerprint density at radius 2 is 2.50 bits per heavy atom. The standard InChI is InChI=1S/C8H11N3O2S/c12-8(13)5-1-2-6(9-3-5)7-10-4-11-14-7/h4-6,9H,1-3H2,(H,12,13). The molecule has 2 atom stereocenters. The Hall–Kier alpha value is -1.01. The maximum atomic E-state index is 10.7. The smallest absolute Gasteiger partial charge is 0.307 e. The van der Waals surface area contributed by atoms with Gasteiger partial charge in [-0.05, 0) is 24.4 Å². The van der Waals surface area contributed by atoms with E-state index in [0.29, 0.717) is 13.0 Å². The molecule has 14 heavy (non-hydrogen) atoms. The highest BCUT2D eigenvalue weighted by Crippen LogP contribution is 2.25. The minimum atomic E-state index is -0.715. The molecular weight excluding hydrogens is 202 g/mol. The molecule has 1 aliphatic heterocycles. The number of piperidine rings is 1. The quantitative estimate of drug-likeness (QED) is 0.755. The van der Waals surface area contributed by atoms with E-state index in [2.05, 4.69) is 14.7 Å². The molecule has 0 aromatic carbocycles. The number of rotatable bonds is 2. The van der Waals surface area contributed by atoms with E-state index in [9.17, 15) is 4.79 Å². The summed E-state index contributed by atoms with van der Waals surface area (Å²) in [4.78, 5) is 14.8. The summed E-state index contributed by atoms with van der Waals surface area (Å²) in [6, 6.07) is 0.193. The molecule has 6 heteroatoms. The first-order valence-corrected chi connectivity index (χ1v) is 5.27. The second-order valence-electron chi connectivity index (χ2n) is 3.35. The van der Waals surface area contributed by atoms with Gasteiger partial charge in [-0.15, -0.1) is 0 Å². The van der Waals surface area contributed by atoms with E-state index in [0.717, 1.165) is 11.4 Å². The summed E-state index contributed by atoms with van der Waals surface area (Å²) in [5.41, 5.74) is 0. The van der Waals surface area contributed by atoms with Gasteiger partial charge in [-0.25, -0.2) is 4.98 Å². The third kappa shape index (κ3) is 1.91. The lowest BCUT2D eigenvalue weighted by molar-refractivity contribution is -0.142. The fourth-order valence-electron chi connectivity index (χ4n) is 1.61. The van der Waals surface area contributed by atoms with Crippen LogP contribution >= 0.6 is 11.5 Å². The predicted molar refractivity (Wildman–Crippen MR) is 51.0 cm³/mol. The van der Waals surface area contributed by atoms with E-state index in [-0.39, 0.29) is 12.0 Å². The first-order valence-electron chi connectivity index (χ1n) is 4.50. The molecule has 2 heterocycles. The van der Waals surface area contributed by atoms with Crippen LogP contribution in [0.4, 0.5) is 0 Å². The molecule has 1 fully saturated rings. The van der Waals surface area contributed by atoms with Gasteiger partial charge in [0.25, 0.3) is 0 Å². The van der Waals surface area contributed by atoms with Gasteiger partial charge in [0.05, 0.1) is 12.0 Å². The van der Waals surface area contributed by atoms with Gasteiger partial charge in [0.15, 0.2) is 0 Å². The van der Waals surface area contributed by atoms with Crippen LogP contribution in [0.15, 0.2) is 6.33 Å². The van der Waals surface area contributed by atoms with Gasteiger partial charge in [-0.3, -0.25) is 4.79 Å². The Labute approximate surface area is 85.3 Å². The zero-order valence-electron chi connectivity index (χ0n) is 7.51. The zero-order chi connectivity index (χ0) is 9.97. The monoisotopic (exact) mass is 213 g/mol. The SMILES string of the molecule is O=C(O)C1CCC(c2ncns2)NC1. The summed E-state index contributed by atoms with van der Waals surface area (Å²) >= 11 is 1.37. The molecule has 1 aromatic rings. The lowest BCUT2D eigenvalue weighted by Gasteiger charge is -2.25. The van der Waals surface area contributed by atoms with Crippen molar-refractivity contribution in [2.75, 3.05) is 6.54 Å². The van der Waals surface area contributed by atoms with Crippen LogP contribution in [0.25, 0.3) is 0 Å². The Bertz CT molecular complexity index is 306. The van der Waals surface area contributed by atoms with Gasteiger partial charge in [0.2, 0.25) is 0 Å². The number of nitrogens with one attached hydrogen (secondary N) is 1. The first kappa shape index (κ1) is 9.54. The minimum Gasteiger partial charge on any atom is -0.481 e. The van der Waals surface area contributed by atoms with Crippen LogP contribution in [0.1, 0.15) is 23.9 Å². The highest BCUT2D eigenvalue weighted by molar-refractivity contribution is 7.05. The number of carboxylic acid groups (broad SMARTS) is 1. The van der Waals surface area contributed by atoms with Gasteiger partial charge in [-0.1, -0.05) is 0 Å². The lowest BCUT2D eigenvalue weighted by Crippen LogP contribution is -2.36. The summed E-state index contributed by atoms with van der Waals surface area (Å²) in [6.07, 6.45) is 3.07. The van der Waals surface area contributed by atoms with Crippen LogP contribution in [-0.2, 0) is 4.79 Å². The Morgan fingerprint density at radius 3 is 3.00 bits per heavy atom. The van der Waals surface area contributed by atoms with Crippen LogP contribution in [-0.4, -0.2) is 27.0 Å². The number of carboxylic acids is 1. The second kappa shape index (κ2) is 4.02. The molecule has 0 aliphatic carbocycles. The van der Waals surface area contributed by atoms with Crippen LogP contribution < -0.4 is 5.32 Å². The third-order valence-electron chi connectivity index (χ3n) is 2.44. The van der Waals surface area contributed by atoms with Crippen molar-refractivity contribution in [1.82, 2.24) is 14.7 Å². The Balaban J connectivity index is 1.93. The highest BCUT2D eigenvalue weighted by Gasteiger charge is 2.27. The summed E-state index contributed by atoms with van der Waals surface area (Å²) in [6.45, 7) is 0.527. The number of nitrogens with zero attached hydrogens (tertiary/aromatic N) is 2. The van der Waals surface area contributed by atoms with Crippen LogP contribution in [0, 0.1) is 5.92 Å². The van der Waals surface area contributed by atoms with E-state index in [1.807, 2.05) is 0 Å². The highest BCUT2D eigenvalue weighted by atomic mass is 32.1. The van der Waals surface area contributed by atoms with Gasteiger partial charge in [0, 0.05) is 6.54 Å². The number of hydrogen-bond acceptors (Lipinski definition) is 5. The molecule has 2 rings (SSSR count). The lowest BCUT2D eigenvalue weighted by atomic mass is 9.95. The van der Waals surface area contributed by atoms with Gasteiger partial charge in [0.1, 0.15) is 11.3 Å². The molecule has 1 aromatic heterocycles. The van der Waals surface area contributed by atoms with Crippen molar-refractivity contribution in [3.05, 3.63) is 11.3 Å². The molecule has 0 saturated carbocycles. The summed E-state index contributed by atoms with van der Waals surface area (Å²) < 4.78 is 3.93. The predicted octanol–water partition coefficient (Wildman–Crippen LogP) is 0.663. The van der Waals surface area contributed by atoms with E-state index in [4.69, 9.17) is 5.11 Å². The number of carbonyl (C=O) groups is 1. The van der Waals surface area contributed by atoms with Crippen LogP contribution in [0.5, 0.6) is 0 Å². The average Bonchev–Trinajstić information content (AvgIpc) is 2.71. The molecule has 1 saturated heterocycles. The van der Waals surface area contributed by atoms with Crippen molar-refractivity contribution in [1.29, 1.82) is 0 Å². The Kier molecular flexibility index (Phi) is 2.74. The molecular formula is C8H11N3O2S. The first-order chi connectivity index (χ1) is 6.77. The topological polar surface area (TPSA) is 75.1 Å². The van der Waals surface area contributed by atoms with Gasteiger partial charge >= 0.3 is 5.97 Å². The fraction of sp³-hybridized carbons (Fsp3) is 0.625. The normalized spacial score (nSPS) is 27.4. The van der Waals surface area contributed by atoms with Crippen molar-refractivity contribution >= 4 is 17.5 Å². The molecule has 0 bridgehead atoms. The molecule has 2 unspecified atom stereocenters. The number of aliphatic carboxylic acids is 1. The third-order valence-corrected chi connectivity index (χ3v) is 3.22. The second-order valence-corrected chi connectivity index (χ2v) is 4.16. The molecule has 1 aliphatic rings. The Morgan fingerprint density at radius 1 is 1.64 bits per heavy atom. The summed E-state index contributed by atoms with van der Waals surface area (Å²) in [7, 11) is 0. The van der Waals surface area contributed by atoms with Crippen LogP contribution in [0.3, 0.4) is 0 Å². The van der Waals surface area contributed by atoms with Crippen LogP contribution in [0.2, 0.25) is 0 Å². The fourth-order valence-corrected chi connectivity index (χ4v) is 2.24. The maximum absolute atomic E-state index is 10.7. The molecule has 76 valence electrons. The zero-order valence-corrected chi connectivity index (χ0v) is 8.33. The minimum absolute atomic E-state index is 0.193. The summed E-state index contributed by atoms with van der Waals surface area (Å²) in [5.74, 6) is -0.965. The van der Waals surface area contributed by atoms with Gasteiger partial charge < -0.3 is 10.4 Å². The maximum Gasteiger partial charge on any atom is 0.307 e. The van der Waals surface area contributed by atoms with E-state index >= 15 is 0 Å². The molecule has 2 N–H and O–H groups in total. The van der Waals surface area contributed by atoms with Crippen molar-refractivity contribution in [3.8, 4) is 0 Å². The number of hydrogen-bond donors (Lipinski definition) is 2. The molecule has 5 nitrogen and oxygen atoms in total. The van der Waals surface area contributed by atoms with Gasteiger partial charge in [-0.2, -0.15) is 4.37 Å². The summed E-state index contributed by atoms with van der Waals surface area (Å²) in [5, 5.41) is 12.9. The van der Waals surface area contributed by atoms with Crippen molar-refractivity contribution in [3.63, 3.8) is 0 Å². The van der Waals surface area contributed by atoms with E-state index in [1.54, 1.807) is 0 Å². The average molecular weight is 213 g/mol. The van der Waals surface area contributed by atoms with E-state index in [1.165, 1.54) is 17.9 Å². The molecule has 0 amide bonds. The number of aromatic nitrogens is 2. The molecule has 0 radical (unpaired) electrons. The van der Waals surface area contributed by atoms with E-state index < -0.39 is 5.97 Å². The van der Waals surface area contributed by atoms with Crippen molar-refractivity contribution in [2.24, 2.45) is 5.92 Å². The largest absolute Gasteiger partial charge is 0.481 e. The van der Waals surface area contributed by atoms with Crippen molar-refractivity contribution < 1.29 is 9.90 Å².